The van der Waals surface area contributed by atoms with Crippen molar-refractivity contribution in [3.8, 4) is 0 Å². The maximum absolute atomic E-state index is 6.18. The van der Waals surface area contributed by atoms with E-state index in [9.17, 15) is 0 Å². The van der Waals surface area contributed by atoms with E-state index in [2.05, 4.69) is 51.6 Å². The number of nitrogen functional groups attached to an aromatic ring is 1. The van der Waals surface area contributed by atoms with Gasteiger partial charge in [-0.1, -0.05) is 19.4 Å². The number of benzene rings is 1. The largest absolute Gasteiger partial charge is 0.382 e. The van der Waals surface area contributed by atoms with Gasteiger partial charge in [0.25, 0.3) is 0 Å². The number of hydrogen-bond acceptors (Lipinski definition) is 5. The Hall–Kier alpha value is -2.34. The van der Waals surface area contributed by atoms with Crippen molar-refractivity contribution in [3.05, 3.63) is 24.4 Å². The number of nitrogens with one attached hydrogen (secondary N) is 1. The van der Waals surface area contributed by atoms with Crippen molar-refractivity contribution >= 4 is 33.3 Å². The standard InChI is InChI=1S/C18H24N6/c1-2-3-8-24-12-15-14-5-4-13(23-9-6-20-7-10-23)11-16(14)21-18(19)17(15)22-24/h4-5,11-12,20H,2-3,6-10H2,1H3,(H2,19,21). The van der Waals surface area contributed by atoms with E-state index in [4.69, 9.17) is 5.73 Å². The number of nitrogens with zero attached hydrogens (tertiary/aromatic N) is 4. The number of anilines is 2. The number of hydrogen-bond donors (Lipinski definition) is 2. The summed E-state index contributed by atoms with van der Waals surface area (Å²) < 4.78 is 2.00. The minimum Gasteiger partial charge on any atom is -0.382 e. The van der Waals surface area contributed by atoms with E-state index in [1.807, 2.05) is 4.68 Å². The van der Waals surface area contributed by atoms with Crippen molar-refractivity contribution in [1.82, 2.24) is 20.1 Å². The summed E-state index contributed by atoms with van der Waals surface area (Å²) in [5.41, 5.74) is 9.16. The SMILES string of the molecule is CCCCn1cc2c(n1)c(N)nc1cc(N3CCNCC3)ccc12. The van der Waals surface area contributed by atoms with Gasteiger partial charge in [-0.2, -0.15) is 5.10 Å². The summed E-state index contributed by atoms with van der Waals surface area (Å²) in [5.74, 6) is 0.519. The van der Waals surface area contributed by atoms with Crippen molar-refractivity contribution in [2.75, 3.05) is 36.8 Å². The van der Waals surface area contributed by atoms with Crippen LogP contribution >= 0.6 is 0 Å². The average molecular weight is 324 g/mol. The zero-order chi connectivity index (χ0) is 16.5. The van der Waals surface area contributed by atoms with Gasteiger partial charge in [-0.05, 0) is 18.6 Å². The molecule has 24 heavy (non-hydrogen) atoms. The molecular formula is C18H24N6. The lowest BCUT2D eigenvalue weighted by Gasteiger charge is -2.29. The first-order valence-electron chi connectivity index (χ1n) is 8.78. The van der Waals surface area contributed by atoms with Crippen molar-refractivity contribution in [1.29, 1.82) is 0 Å². The van der Waals surface area contributed by atoms with E-state index in [0.29, 0.717) is 5.82 Å². The van der Waals surface area contributed by atoms with Crippen LogP contribution in [0.4, 0.5) is 11.5 Å². The van der Waals surface area contributed by atoms with Crippen LogP contribution in [0.3, 0.4) is 0 Å². The molecule has 1 saturated heterocycles. The lowest BCUT2D eigenvalue weighted by atomic mass is 10.1. The molecule has 0 saturated carbocycles. The van der Waals surface area contributed by atoms with Crippen LogP contribution in [0.15, 0.2) is 24.4 Å². The Labute approximate surface area is 141 Å². The molecule has 1 fully saturated rings. The summed E-state index contributed by atoms with van der Waals surface area (Å²) in [6.07, 6.45) is 4.38. The molecule has 0 bridgehead atoms. The van der Waals surface area contributed by atoms with Gasteiger partial charge < -0.3 is 16.0 Å². The first-order chi connectivity index (χ1) is 11.8. The van der Waals surface area contributed by atoms with Gasteiger partial charge in [-0.25, -0.2) is 4.98 Å². The summed E-state index contributed by atoms with van der Waals surface area (Å²) in [6.45, 7) is 7.21. The third-order valence-electron chi connectivity index (χ3n) is 4.74. The maximum atomic E-state index is 6.18. The van der Waals surface area contributed by atoms with Gasteiger partial charge in [0.05, 0.1) is 5.52 Å². The van der Waals surface area contributed by atoms with Crippen LogP contribution in [0.25, 0.3) is 21.8 Å². The predicted molar refractivity (Wildman–Crippen MR) is 99.4 cm³/mol. The number of aryl methyl sites for hydroxylation is 1. The highest BCUT2D eigenvalue weighted by Crippen LogP contribution is 2.30. The zero-order valence-corrected chi connectivity index (χ0v) is 14.1. The number of unbranched alkanes of at least 4 members (excludes halogenated alkanes) is 1. The van der Waals surface area contributed by atoms with Crippen LogP contribution in [0.5, 0.6) is 0 Å². The Morgan fingerprint density at radius 1 is 1.21 bits per heavy atom. The smallest absolute Gasteiger partial charge is 0.152 e. The van der Waals surface area contributed by atoms with Crippen LogP contribution in [0.2, 0.25) is 0 Å². The molecule has 0 radical (unpaired) electrons. The number of pyridine rings is 1. The van der Waals surface area contributed by atoms with Gasteiger partial charge in [-0.15, -0.1) is 0 Å². The maximum Gasteiger partial charge on any atom is 0.152 e. The minimum absolute atomic E-state index is 0.519. The molecule has 0 spiro atoms. The number of piperazine rings is 1. The fraction of sp³-hybridized carbons (Fsp3) is 0.444. The Balaban J connectivity index is 1.78. The van der Waals surface area contributed by atoms with Crippen LogP contribution in [0.1, 0.15) is 19.8 Å². The first-order valence-corrected chi connectivity index (χ1v) is 8.78. The number of nitrogens with two attached hydrogens (primary N) is 1. The summed E-state index contributed by atoms with van der Waals surface area (Å²) in [6, 6.07) is 6.50. The normalized spacial score (nSPS) is 15.5. The van der Waals surface area contributed by atoms with Crippen LogP contribution in [0, 0.1) is 0 Å². The molecule has 0 atom stereocenters. The molecule has 6 nitrogen and oxygen atoms in total. The molecule has 1 aliphatic rings. The summed E-state index contributed by atoms with van der Waals surface area (Å²) >= 11 is 0. The molecule has 3 heterocycles. The predicted octanol–water partition coefficient (Wildman–Crippen LogP) is 2.38. The van der Waals surface area contributed by atoms with E-state index < -0.39 is 0 Å². The molecule has 1 aromatic carbocycles. The van der Waals surface area contributed by atoms with Gasteiger partial charge in [0, 0.05) is 55.4 Å². The van der Waals surface area contributed by atoms with Gasteiger partial charge in [0.15, 0.2) is 5.82 Å². The second-order valence-electron chi connectivity index (χ2n) is 6.44. The Bertz CT molecular complexity index is 863. The van der Waals surface area contributed by atoms with E-state index >= 15 is 0 Å². The van der Waals surface area contributed by atoms with Crippen molar-refractivity contribution in [2.24, 2.45) is 0 Å². The Morgan fingerprint density at radius 2 is 2.04 bits per heavy atom. The second-order valence-corrected chi connectivity index (χ2v) is 6.44. The molecule has 126 valence electrons. The summed E-state index contributed by atoms with van der Waals surface area (Å²) in [4.78, 5) is 7.00. The van der Waals surface area contributed by atoms with Crippen LogP contribution < -0.4 is 16.0 Å². The van der Waals surface area contributed by atoms with Crippen molar-refractivity contribution in [2.45, 2.75) is 26.3 Å². The summed E-state index contributed by atoms with van der Waals surface area (Å²) in [5, 5.41) is 10.2. The molecule has 6 heteroatoms. The Kier molecular flexibility index (Phi) is 3.98. The molecule has 3 aromatic rings. The van der Waals surface area contributed by atoms with Crippen LogP contribution in [-0.2, 0) is 6.54 Å². The molecule has 4 rings (SSSR count). The molecule has 0 amide bonds. The molecule has 1 aliphatic heterocycles. The van der Waals surface area contributed by atoms with E-state index in [1.54, 1.807) is 0 Å². The monoisotopic (exact) mass is 324 g/mol. The van der Waals surface area contributed by atoms with Gasteiger partial charge in [0.1, 0.15) is 5.52 Å². The first kappa shape index (κ1) is 15.2. The van der Waals surface area contributed by atoms with E-state index in [-0.39, 0.29) is 0 Å². The molecule has 2 aromatic heterocycles. The third kappa shape index (κ3) is 2.67. The van der Waals surface area contributed by atoms with Crippen LogP contribution in [-0.4, -0.2) is 40.9 Å². The lowest BCUT2D eigenvalue weighted by Crippen LogP contribution is -2.43. The topological polar surface area (TPSA) is 72.0 Å². The molecular weight excluding hydrogens is 300 g/mol. The average Bonchev–Trinajstić information content (AvgIpc) is 3.05. The van der Waals surface area contributed by atoms with E-state index in [1.165, 1.54) is 5.69 Å². The second kappa shape index (κ2) is 6.28. The van der Waals surface area contributed by atoms with Gasteiger partial charge in [0.2, 0.25) is 0 Å². The third-order valence-corrected chi connectivity index (χ3v) is 4.74. The zero-order valence-electron chi connectivity index (χ0n) is 14.1. The Morgan fingerprint density at radius 3 is 2.83 bits per heavy atom. The highest BCUT2D eigenvalue weighted by Gasteiger charge is 2.14. The quantitative estimate of drug-likeness (QED) is 0.771. The minimum atomic E-state index is 0.519. The fourth-order valence-electron chi connectivity index (χ4n) is 3.39. The van der Waals surface area contributed by atoms with Gasteiger partial charge >= 0.3 is 0 Å². The highest BCUT2D eigenvalue weighted by atomic mass is 15.3. The lowest BCUT2D eigenvalue weighted by molar-refractivity contribution is 0.577. The molecule has 0 aliphatic carbocycles. The molecule has 0 unspecified atom stereocenters. The number of rotatable bonds is 4. The fourth-order valence-corrected chi connectivity index (χ4v) is 3.39. The number of fused-ring (bicyclic) bond motifs is 3. The molecule has 3 N–H and O–H groups in total. The van der Waals surface area contributed by atoms with Crippen molar-refractivity contribution in [3.63, 3.8) is 0 Å². The van der Waals surface area contributed by atoms with Crippen molar-refractivity contribution < 1.29 is 0 Å². The summed E-state index contributed by atoms with van der Waals surface area (Å²) in [7, 11) is 0. The van der Waals surface area contributed by atoms with E-state index in [0.717, 1.165) is 67.4 Å². The number of aromatic nitrogens is 3. The van der Waals surface area contributed by atoms with Gasteiger partial charge in [-0.3, -0.25) is 4.68 Å². The highest BCUT2D eigenvalue weighted by molar-refractivity contribution is 6.08.